The van der Waals surface area contributed by atoms with Gasteiger partial charge in [-0.1, -0.05) is 12.1 Å². The lowest BCUT2D eigenvalue weighted by Gasteiger charge is -2.37. The average molecular weight is 525 g/mol. The highest BCUT2D eigenvalue weighted by Gasteiger charge is 2.25. The van der Waals surface area contributed by atoms with E-state index in [9.17, 15) is 9.18 Å². The lowest BCUT2D eigenvalue weighted by molar-refractivity contribution is 0.122. The molecule has 9 heteroatoms. The molecule has 2 amide bonds. The molecule has 2 aliphatic heterocycles. The smallest absolute Gasteiger partial charge is 0.314 e. The van der Waals surface area contributed by atoms with Crippen LogP contribution in [0.1, 0.15) is 32.1 Å². The van der Waals surface area contributed by atoms with Gasteiger partial charge in [-0.2, -0.15) is 0 Å². The number of carbonyl (C=O) groups is 1. The third-order valence-electron chi connectivity index (χ3n) is 8.27. The van der Waals surface area contributed by atoms with E-state index in [1.54, 1.807) is 7.05 Å². The first kappa shape index (κ1) is 26.7. The molecule has 206 valence electrons. The van der Waals surface area contributed by atoms with E-state index < -0.39 is 0 Å². The van der Waals surface area contributed by atoms with Gasteiger partial charge in [0.25, 0.3) is 0 Å². The minimum absolute atomic E-state index is 0.0684. The number of halogens is 1. The molecule has 0 spiro atoms. The standard InChI is InChI=1S/C29H41FN6O2/c1-31-29(37)32-26-8-2-22(3-9-26)10-11-34-12-14-35(15-13-34)27-20-24(23-4-6-25(30)7-5-23)21-28(33-27)36-16-18-38-19-17-36/h4-7,20-22,26H,2-3,8-19H2,1H3,(H2,31,32,37)/t22-,26-. The largest absolute Gasteiger partial charge is 0.378 e. The zero-order valence-electron chi connectivity index (χ0n) is 22.5. The van der Waals surface area contributed by atoms with Crippen molar-refractivity contribution in [3.63, 3.8) is 0 Å². The summed E-state index contributed by atoms with van der Waals surface area (Å²) in [6.45, 7) is 8.18. The number of urea groups is 1. The topological polar surface area (TPSA) is 73.0 Å². The second-order valence-electron chi connectivity index (χ2n) is 10.7. The van der Waals surface area contributed by atoms with Crippen LogP contribution in [0.3, 0.4) is 0 Å². The summed E-state index contributed by atoms with van der Waals surface area (Å²) in [6.07, 6.45) is 5.77. The van der Waals surface area contributed by atoms with Crippen LogP contribution in [-0.2, 0) is 4.74 Å². The molecule has 1 aromatic heterocycles. The Kier molecular flexibility index (Phi) is 8.96. The van der Waals surface area contributed by atoms with E-state index in [1.807, 2.05) is 12.1 Å². The van der Waals surface area contributed by atoms with Gasteiger partial charge in [-0.15, -0.1) is 0 Å². The molecule has 5 rings (SSSR count). The van der Waals surface area contributed by atoms with Gasteiger partial charge in [0, 0.05) is 52.4 Å². The molecule has 0 unspecified atom stereocenters. The summed E-state index contributed by atoms with van der Waals surface area (Å²) >= 11 is 0. The average Bonchev–Trinajstić information content (AvgIpc) is 2.97. The molecule has 38 heavy (non-hydrogen) atoms. The first-order valence-electron chi connectivity index (χ1n) is 14.1. The van der Waals surface area contributed by atoms with E-state index >= 15 is 0 Å². The molecule has 0 atom stereocenters. The highest BCUT2D eigenvalue weighted by molar-refractivity contribution is 5.73. The molecule has 8 nitrogen and oxygen atoms in total. The van der Waals surface area contributed by atoms with Crippen molar-refractivity contribution in [2.24, 2.45) is 5.92 Å². The van der Waals surface area contributed by atoms with E-state index in [4.69, 9.17) is 9.72 Å². The van der Waals surface area contributed by atoms with E-state index in [2.05, 4.69) is 37.5 Å². The maximum atomic E-state index is 13.6. The number of ether oxygens (including phenoxy) is 1. The Morgan fingerprint density at radius 2 is 1.55 bits per heavy atom. The number of anilines is 2. The fraction of sp³-hybridized carbons (Fsp3) is 0.586. The summed E-state index contributed by atoms with van der Waals surface area (Å²) < 4.78 is 19.1. The molecular formula is C29H41FN6O2. The molecule has 1 aromatic carbocycles. The third-order valence-corrected chi connectivity index (χ3v) is 8.27. The number of hydrogen-bond acceptors (Lipinski definition) is 6. The van der Waals surface area contributed by atoms with Crippen molar-refractivity contribution in [1.29, 1.82) is 0 Å². The Balaban J connectivity index is 1.17. The third kappa shape index (κ3) is 6.94. The molecule has 0 bridgehead atoms. The van der Waals surface area contributed by atoms with Crippen molar-refractivity contribution < 1.29 is 13.9 Å². The van der Waals surface area contributed by atoms with Gasteiger partial charge in [-0.3, -0.25) is 4.90 Å². The quantitative estimate of drug-likeness (QED) is 0.575. The summed E-state index contributed by atoms with van der Waals surface area (Å²) in [5, 5.41) is 5.71. The number of hydrogen-bond donors (Lipinski definition) is 2. The zero-order valence-corrected chi connectivity index (χ0v) is 22.5. The van der Waals surface area contributed by atoms with Crippen LogP contribution in [0.5, 0.6) is 0 Å². The van der Waals surface area contributed by atoms with Gasteiger partial charge < -0.3 is 25.2 Å². The van der Waals surface area contributed by atoms with Crippen LogP contribution < -0.4 is 20.4 Å². The number of nitrogens with one attached hydrogen (secondary N) is 2. The lowest BCUT2D eigenvalue weighted by Crippen LogP contribution is -2.47. The van der Waals surface area contributed by atoms with E-state index in [1.165, 1.54) is 31.4 Å². The Morgan fingerprint density at radius 1 is 0.921 bits per heavy atom. The van der Waals surface area contributed by atoms with Crippen molar-refractivity contribution in [3.05, 3.63) is 42.2 Å². The van der Waals surface area contributed by atoms with Gasteiger partial charge in [-0.25, -0.2) is 14.2 Å². The van der Waals surface area contributed by atoms with Crippen LogP contribution in [0.25, 0.3) is 11.1 Å². The predicted molar refractivity (Wildman–Crippen MR) is 149 cm³/mol. The predicted octanol–water partition coefficient (Wildman–Crippen LogP) is 3.72. The number of rotatable bonds is 7. The van der Waals surface area contributed by atoms with Gasteiger partial charge >= 0.3 is 6.03 Å². The summed E-state index contributed by atoms with van der Waals surface area (Å²) in [4.78, 5) is 23.9. The number of piperazine rings is 1. The van der Waals surface area contributed by atoms with Crippen molar-refractivity contribution >= 4 is 17.7 Å². The summed E-state index contributed by atoms with van der Waals surface area (Å²) in [7, 11) is 1.67. The van der Waals surface area contributed by atoms with E-state index in [0.29, 0.717) is 19.3 Å². The Morgan fingerprint density at radius 3 is 2.18 bits per heavy atom. The second kappa shape index (κ2) is 12.8. The van der Waals surface area contributed by atoms with Gasteiger partial charge in [0.1, 0.15) is 17.5 Å². The maximum Gasteiger partial charge on any atom is 0.314 e. The fourth-order valence-electron chi connectivity index (χ4n) is 5.85. The lowest BCUT2D eigenvalue weighted by atomic mass is 9.84. The minimum atomic E-state index is -0.221. The van der Waals surface area contributed by atoms with Crippen molar-refractivity contribution in [2.75, 3.05) is 75.9 Å². The van der Waals surface area contributed by atoms with Crippen LogP contribution in [0.2, 0.25) is 0 Å². The van der Waals surface area contributed by atoms with Gasteiger partial charge in [-0.05, 0) is 80.0 Å². The summed E-state index contributed by atoms with van der Waals surface area (Å²) in [6, 6.07) is 11.3. The number of benzene rings is 1. The van der Waals surface area contributed by atoms with Crippen molar-refractivity contribution in [2.45, 2.75) is 38.1 Å². The number of pyridine rings is 1. The Hall–Kier alpha value is -2.91. The first-order valence-corrected chi connectivity index (χ1v) is 14.1. The molecular weight excluding hydrogens is 483 g/mol. The number of carbonyl (C=O) groups excluding carboxylic acids is 1. The SMILES string of the molecule is CNC(=O)N[C@H]1CC[C@H](CCN2CCN(c3cc(-c4ccc(F)cc4)cc(N4CCOCC4)n3)CC2)CC1. The second-order valence-corrected chi connectivity index (χ2v) is 10.7. The van der Waals surface area contributed by atoms with E-state index in [-0.39, 0.29) is 11.8 Å². The molecule has 2 aromatic rings. The molecule has 2 N–H and O–H groups in total. The van der Waals surface area contributed by atoms with Gasteiger partial charge in [0.05, 0.1) is 13.2 Å². The number of amides is 2. The van der Waals surface area contributed by atoms with Gasteiger partial charge in [0.2, 0.25) is 0 Å². The molecule has 1 aliphatic carbocycles. The van der Waals surface area contributed by atoms with Crippen LogP contribution >= 0.6 is 0 Å². The zero-order chi connectivity index (χ0) is 26.3. The molecule has 0 radical (unpaired) electrons. The fourth-order valence-corrected chi connectivity index (χ4v) is 5.85. The Bertz CT molecular complexity index is 1050. The first-order chi connectivity index (χ1) is 18.6. The summed E-state index contributed by atoms with van der Waals surface area (Å²) in [5.74, 6) is 2.49. The number of morpholine rings is 1. The van der Waals surface area contributed by atoms with Crippen molar-refractivity contribution in [3.8, 4) is 11.1 Å². The molecule has 3 aliphatic rings. The summed E-state index contributed by atoms with van der Waals surface area (Å²) in [5.41, 5.74) is 2.07. The van der Waals surface area contributed by atoms with Gasteiger partial charge in [0.15, 0.2) is 0 Å². The van der Waals surface area contributed by atoms with Crippen LogP contribution in [0, 0.1) is 11.7 Å². The molecule has 3 fully saturated rings. The monoisotopic (exact) mass is 524 g/mol. The van der Waals surface area contributed by atoms with E-state index in [0.717, 1.165) is 87.3 Å². The van der Waals surface area contributed by atoms with Crippen LogP contribution in [0.4, 0.5) is 20.8 Å². The Labute approximate surface area is 225 Å². The highest BCUT2D eigenvalue weighted by Crippen LogP contribution is 2.30. The molecule has 3 heterocycles. The van der Waals surface area contributed by atoms with Crippen LogP contribution in [0.15, 0.2) is 36.4 Å². The van der Waals surface area contributed by atoms with Crippen LogP contribution in [-0.4, -0.2) is 88.0 Å². The number of nitrogens with zero attached hydrogens (tertiary/aromatic N) is 4. The normalized spacial score (nSPS) is 22.8. The molecule has 1 saturated carbocycles. The maximum absolute atomic E-state index is 13.6. The number of aromatic nitrogens is 1. The highest BCUT2D eigenvalue weighted by atomic mass is 19.1. The van der Waals surface area contributed by atoms with Crippen molar-refractivity contribution in [1.82, 2.24) is 20.5 Å². The minimum Gasteiger partial charge on any atom is -0.378 e. The molecule has 2 saturated heterocycles.